The maximum atomic E-state index is 8.80. The van der Waals surface area contributed by atoms with Crippen molar-refractivity contribution in [3.05, 3.63) is 35.5 Å². The Balaban J connectivity index is 2.46. The molecule has 2 heteroatoms. The Morgan fingerprint density at radius 1 is 1.47 bits per heavy atom. The number of nitrogens with one attached hydrogen (secondary N) is 1. The first-order valence-electron chi connectivity index (χ1n) is 5.17. The maximum absolute atomic E-state index is 8.80. The van der Waals surface area contributed by atoms with Gasteiger partial charge in [-0.2, -0.15) is 5.26 Å². The number of hydrogen-bond donors (Lipinski definition) is 1. The molecule has 0 radical (unpaired) electrons. The zero-order chi connectivity index (χ0) is 10.8. The van der Waals surface area contributed by atoms with Crippen molar-refractivity contribution in [3.8, 4) is 6.07 Å². The van der Waals surface area contributed by atoms with E-state index < -0.39 is 0 Å². The summed E-state index contributed by atoms with van der Waals surface area (Å²) in [7, 11) is 0. The number of nitrogens with zero attached hydrogens (tertiary/aromatic N) is 1. The van der Waals surface area contributed by atoms with Gasteiger partial charge in [-0.3, -0.25) is 0 Å². The summed E-state index contributed by atoms with van der Waals surface area (Å²) >= 11 is 0. The van der Waals surface area contributed by atoms with Gasteiger partial charge in [-0.05, 0) is 31.4 Å². The van der Waals surface area contributed by atoms with Crippen molar-refractivity contribution in [1.29, 1.82) is 5.26 Å². The van der Waals surface area contributed by atoms with Gasteiger partial charge in [0, 0.05) is 23.0 Å². The lowest BCUT2D eigenvalue weighted by Crippen LogP contribution is -1.94. The van der Waals surface area contributed by atoms with Gasteiger partial charge in [0.05, 0.1) is 6.07 Å². The van der Waals surface area contributed by atoms with Crippen LogP contribution in [0.15, 0.2) is 24.4 Å². The van der Waals surface area contributed by atoms with Gasteiger partial charge in [-0.25, -0.2) is 0 Å². The molecule has 1 N–H and O–H groups in total. The van der Waals surface area contributed by atoms with Gasteiger partial charge in [-0.15, -0.1) is 0 Å². The molecule has 1 unspecified atom stereocenters. The van der Waals surface area contributed by atoms with Crippen molar-refractivity contribution in [3.63, 3.8) is 0 Å². The Hall–Kier alpha value is -1.75. The minimum atomic E-state index is 0.0736. The number of H-pyrrole nitrogens is 1. The summed E-state index contributed by atoms with van der Waals surface area (Å²) in [6, 6.07) is 8.53. The monoisotopic (exact) mass is 198 g/mol. The molecule has 2 nitrogen and oxygen atoms in total. The number of aryl methyl sites for hydroxylation is 1. The van der Waals surface area contributed by atoms with Crippen molar-refractivity contribution in [2.24, 2.45) is 5.92 Å². The van der Waals surface area contributed by atoms with Crippen molar-refractivity contribution < 1.29 is 0 Å². The summed E-state index contributed by atoms with van der Waals surface area (Å²) in [5.74, 6) is 0.0736. The highest BCUT2D eigenvalue weighted by molar-refractivity contribution is 5.85. The van der Waals surface area contributed by atoms with Crippen LogP contribution in [-0.4, -0.2) is 4.98 Å². The van der Waals surface area contributed by atoms with Gasteiger partial charge in [0.25, 0.3) is 0 Å². The van der Waals surface area contributed by atoms with E-state index in [1.165, 1.54) is 22.0 Å². The fourth-order valence-corrected chi connectivity index (χ4v) is 1.91. The number of para-hydroxylation sites is 1. The highest BCUT2D eigenvalue weighted by Gasteiger charge is 2.08. The molecule has 0 saturated heterocycles. The predicted molar refractivity (Wildman–Crippen MR) is 61.5 cm³/mol. The summed E-state index contributed by atoms with van der Waals surface area (Å²) in [6.07, 6.45) is 2.84. The van der Waals surface area contributed by atoms with E-state index in [1.807, 2.05) is 13.1 Å². The molecule has 1 heterocycles. The molecule has 0 aliphatic heterocycles. The zero-order valence-electron chi connectivity index (χ0n) is 9.04. The molecule has 0 saturated carbocycles. The molecule has 1 aromatic heterocycles. The van der Waals surface area contributed by atoms with E-state index in [-0.39, 0.29) is 5.92 Å². The molecule has 1 aromatic carbocycles. The Morgan fingerprint density at radius 3 is 3.00 bits per heavy atom. The Morgan fingerprint density at radius 2 is 2.27 bits per heavy atom. The molecule has 2 aromatic rings. The van der Waals surface area contributed by atoms with Gasteiger partial charge < -0.3 is 4.98 Å². The molecule has 0 bridgehead atoms. The predicted octanol–water partition coefficient (Wildman–Crippen LogP) is 3.18. The minimum Gasteiger partial charge on any atom is -0.361 e. The number of fused-ring (bicyclic) bond motifs is 1. The second-order valence-corrected chi connectivity index (χ2v) is 4.05. The molecule has 0 fully saturated rings. The zero-order valence-corrected chi connectivity index (χ0v) is 9.04. The lowest BCUT2D eigenvalue weighted by Gasteiger charge is -2.01. The van der Waals surface area contributed by atoms with E-state index in [2.05, 4.69) is 36.2 Å². The highest BCUT2D eigenvalue weighted by atomic mass is 14.7. The molecule has 76 valence electrons. The van der Waals surface area contributed by atoms with Crippen molar-refractivity contribution in [1.82, 2.24) is 4.98 Å². The fraction of sp³-hybridized carbons (Fsp3) is 0.308. The van der Waals surface area contributed by atoms with Crippen LogP contribution in [0.25, 0.3) is 10.9 Å². The smallest absolute Gasteiger partial charge is 0.0656 e. The molecule has 2 rings (SSSR count). The van der Waals surface area contributed by atoms with Crippen LogP contribution in [0.1, 0.15) is 18.1 Å². The van der Waals surface area contributed by atoms with E-state index >= 15 is 0 Å². The standard InChI is InChI=1S/C13H14N2/c1-9(7-14)6-11-8-15-13-10(2)4-3-5-12(11)13/h3-5,8-9,15H,6H2,1-2H3. The van der Waals surface area contributed by atoms with E-state index in [1.54, 1.807) is 0 Å². The average molecular weight is 198 g/mol. The summed E-state index contributed by atoms with van der Waals surface area (Å²) in [4.78, 5) is 3.28. The van der Waals surface area contributed by atoms with Crippen LogP contribution in [0.3, 0.4) is 0 Å². The second-order valence-electron chi connectivity index (χ2n) is 4.05. The normalized spacial score (nSPS) is 12.6. The molecule has 15 heavy (non-hydrogen) atoms. The van der Waals surface area contributed by atoms with Crippen molar-refractivity contribution in [2.45, 2.75) is 20.3 Å². The number of nitriles is 1. The lowest BCUT2D eigenvalue weighted by molar-refractivity contribution is 0.743. The number of hydrogen-bond acceptors (Lipinski definition) is 1. The quantitative estimate of drug-likeness (QED) is 0.790. The van der Waals surface area contributed by atoms with Gasteiger partial charge in [0.2, 0.25) is 0 Å². The largest absolute Gasteiger partial charge is 0.361 e. The SMILES string of the molecule is Cc1cccc2c(CC(C)C#N)c[nH]c12. The average Bonchev–Trinajstić information content (AvgIpc) is 2.63. The van der Waals surface area contributed by atoms with Crippen molar-refractivity contribution in [2.75, 3.05) is 0 Å². The van der Waals surface area contributed by atoms with Gasteiger partial charge in [0.1, 0.15) is 0 Å². The van der Waals surface area contributed by atoms with E-state index in [9.17, 15) is 0 Å². The number of aromatic amines is 1. The topological polar surface area (TPSA) is 39.6 Å². The van der Waals surface area contributed by atoms with Gasteiger partial charge in [-0.1, -0.05) is 18.2 Å². The summed E-state index contributed by atoms with van der Waals surface area (Å²) < 4.78 is 0. The molecule has 1 atom stereocenters. The van der Waals surface area contributed by atoms with E-state index in [4.69, 9.17) is 5.26 Å². The van der Waals surface area contributed by atoms with Crippen LogP contribution >= 0.6 is 0 Å². The lowest BCUT2D eigenvalue weighted by atomic mass is 10.0. The van der Waals surface area contributed by atoms with Crippen LogP contribution in [0.2, 0.25) is 0 Å². The van der Waals surface area contributed by atoms with Crippen LogP contribution in [-0.2, 0) is 6.42 Å². The van der Waals surface area contributed by atoms with Gasteiger partial charge in [0.15, 0.2) is 0 Å². The van der Waals surface area contributed by atoms with Crippen LogP contribution in [0.5, 0.6) is 0 Å². The summed E-state index contributed by atoms with van der Waals surface area (Å²) in [5.41, 5.74) is 3.68. The number of benzene rings is 1. The minimum absolute atomic E-state index is 0.0736. The molecule has 0 spiro atoms. The molecular formula is C13H14N2. The van der Waals surface area contributed by atoms with Crippen LogP contribution in [0.4, 0.5) is 0 Å². The first-order valence-corrected chi connectivity index (χ1v) is 5.17. The Labute approximate surface area is 89.5 Å². The third-order valence-corrected chi connectivity index (χ3v) is 2.76. The van der Waals surface area contributed by atoms with Crippen LogP contribution in [0, 0.1) is 24.2 Å². The Bertz CT molecular complexity index is 517. The second kappa shape index (κ2) is 3.78. The summed E-state index contributed by atoms with van der Waals surface area (Å²) in [6.45, 7) is 4.05. The maximum Gasteiger partial charge on any atom is 0.0656 e. The molecular weight excluding hydrogens is 184 g/mol. The number of aromatic nitrogens is 1. The first-order chi connectivity index (χ1) is 7.22. The molecule has 0 aliphatic rings. The van der Waals surface area contributed by atoms with Gasteiger partial charge >= 0.3 is 0 Å². The van der Waals surface area contributed by atoms with Crippen LogP contribution < -0.4 is 0 Å². The fourth-order valence-electron chi connectivity index (χ4n) is 1.91. The van der Waals surface area contributed by atoms with E-state index in [0.717, 1.165) is 6.42 Å². The third-order valence-electron chi connectivity index (χ3n) is 2.76. The highest BCUT2D eigenvalue weighted by Crippen LogP contribution is 2.23. The number of rotatable bonds is 2. The van der Waals surface area contributed by atoms with E-state index in [0.29, 0.717) is 0 Å². The summed E-state index contributed by atoms with van der Waals surface area (Å²) in [5, 5.41) is 10.0. The first kappa shape index (κ1) is 9.79. The van der Waals surface area contributed by atoms with Crippen molar-refractivity contribution >= 4 is 10.9 Å². The molecule has 0 aliphatic carbocycles. The molecule has 0 amide bonds. The Kier molecular flexibility index (Phi) is 2.47. The third kappa shape index (κ3) is 1.73.